The summed E-state index contributed by atoms with van der Waals surface area (Å²) in [4.78, 5) is 2.28. The number of hydrogen-bond acceptors (Lipinski definition) is 2. The molecule has 1 heterocycles. The van der Waals surface area contributed by atoms with Crippen molar-refractivity contribution in [2.24, 2.45) is 0 Å². The number of hydrogen-bond donors (Lipinski definition) is 0. The molecule has 0 unspecified atom stereocenters. The van der Waals surface area contributed by atoms with Crippen LogP contribution < -0.4 is 0 Å². The Bertz CT molecular complexity index is 532. The van der Waals surface area contributed by atoms with Gasteiger partial charge in [0, 0.05) is 16.7 Å². The molecule has 0 N–H and O–H groups in total. The van der Waals surface area contributed by atoms with Gasteiger partial charge in [-0.05, 0) is 49.0 Å². The molecule has 1 aliphatic rings. The molecule has 0 saturated heterocycles. The van der Waals surface area contributed by atoms with Crippen LogP contribution in [0.2, 0.25) is 0 Å². The highest BCUT2D eigenvalue weighted by molar-refractivity contribution is 7.17. The molecule has 1 aliphatic carbocycles. The lowest BCUT2D eigenvalue weighted by Gasteiger charge is -2.07. The first kappa shape index (κ1) is 10.2. The van der Waals surface area contributed by atoms with Gasteiger partial charge in [0.1, 0.15) is 5.82 Å². The minimum absolute atomic E-state index is 0.138. The van der Waals surface area contributed by atoms with Gasteiger partial charge in [0.2, 0.25) is 0 Å². The van der Waals surface area contributed by atoms with Crippen LogP contribution >= 0.6 is 11.3 Å². The Morgan fingerprint density at radius 3 is 2.88 bits per heavy atom. The maximum atomic E-state index is 13.1. The van der Waals surface area contributed by atoms with Gasteiger partial charge in [0.25, 0.3) is 0 Å². The van der Waals surface area contributed by atoms with Crippen molar-refractivity contribution in [3.63, 3.8) is 0 Å². The zero-order chi connectivity index (χ0) is 11.3. The third-order valence-electron chi connectivity index (χ3n) is 3.39. The summed E-state index contributed by atoms with van der Waals surface area (Å²) in [6, 6.07) is 5.78. The van der Waals surface area contributed by atoms with E-state index in [1.54, 1.807) is 23.5 Å². The summed E-state index contributed by atoms with van der Waals surface area (Å²) in [5.74, 6) is 0.509. The highest BCUT2D eigenvalue weighted by Crippen LogP contribution is 2.47. The molecule has 1 fully saturated rings. The molecule has 0 amide bonds. The Morgan fingerprint density at radius 2 is 2.19 bits per heavy atom. The van der Waals surface area contributed by atoms with E-state index in [4.69, 9.17) is 0 Å². The smallest absolute Gasteiger partial charge is 0.124 e. The molecule has 3 heteroatoms. The third kappa shape index (κ3) is 1.55. The number of benzene rings is 1. The quantitative estimate of drug-likeness (QED) is 0.770. The van der Waals surface area contributed by atoms with Gasteiger partial charge in [-0.1, -0.05) is 6.07 Å². The van der Waals surface area contributed by atoms with E-state index in [0.717, 1.165) is 4.70 Å². The molecule has 0 radical (unpaired) electrons. The van der Waals surface area contributed by atoms with Crippen molar-refractivity contribution >= 4 is 21.4 Å². The van der Waals surface area contributed by atoms with E-state index in [-0.39, 0.29) is 5.82 Å². The summed E-state index contributed by atoms with van der Waals surface area (Å²) in [6.07, 6.45) is 1.23. The predicted molar refractivity (Wildman–Crippen MR) is 66.6 cm³/mol. The van der Waals surface area contributed by atoms with Gasteiger partial charge >= 0.3 is 0 Å². The molecular weight excluding hydrogens is 221 g/mol. The topological polar surface area (TPSA) is 3.24 Å². The summed E-state index contributed by atoms with van der Waals surface area (Å²) in [6.45, 7) is 0. The van der Waals surface area contributed by atoms with Crippen LogP contribution in [0.4, 0.5) is 4.39 Å². The highest BCUT2D eigenvalue weighted by Gasteiger charge is 2.41. The number of rotatable bonds is 2. The van der Waals surface area contributed by atoms with Crippen molar-refractivity contribution in [3.8, 4) is 0 Å². The number of thiophene rings is 1. The summed E-state index contributed by atoms with van der Waals surface area (Å²) in [5.41, 5.74) is 1.40. The van der Waals surface area contributed by atoms with E-state index in [0.29, 0.717) is 12.0 Å². The summed E-state index contributed by atoms with van der Waals surface area (Å²) < 4.78 is 14.1. The Labute approximate surface area is 98.5 Å². The summed E-state index contributed by atoms with van der Waals surface area (Å²) >= 11 is 1.65. The molecule has 0 spiro atoms. The summed E-state index contributed by atoms with van der Waals surface area (Å²) in [5, 5.41) is 3.43. The lowest BCUT2D eigenvalue weighted by Crippen LogP contribution is -2.15. The van der Waals surface area contributed by atoms with Gasteiger partial charge in [-0.15, -0.1) is 11.3 Å². The van der Waals surface area contributed by atoms with Gasteiger partial charge in [-0.2, -0.15) is 0 Å². The van der Waals surface area contributed by atoms with Crippen molar-refractivity contribution in [2.75, 3.05) is 14.1 Å². The van der Waals surface area contributed by atoms with Crippen LogP contribution in [0.25, 0.3) is 10.1 Å². The minimum Gasteiger partial charge on any atom is -0.306 e. The molecule has 84 valence electrons. The van der Waals surface area contributed by atoms with Crippen LogP contribution in [0.3, 0.4) is 0 Å². The van der Waals surface area contributed by atoms with Gasteiger partial charge in [-0.3, -0.25) is 0 Å². The largest absolute Gasteiger partial charge is 0.306 e. The lowest BCUT2D eigenvalue weighted by atomic mass is 10.1. The standard InChI is InChI=1S/C13H14FNS/c1-15(2)12-6-10(12)11-7-16-13-5-8(14)3-4-9(11)13/h3-5,7,10,12H,6H2,1-2H3/t10-,12-/m1/s1. The Kier molecular flexibility index (Phi) is 2.26. The van der Waals surface area contributed by atoms with Crippen LogP contribution in [-0.4, -0.2) is 25.0 Å². The van der Waals surface area contributed by atoms with Crippen molar-refractivity contribution in [3.05, 3.63) is 35.0 Å². The van der Waals surface area contributed by atoms with Crippen LogP contribution in [-0.2, 0) is 0 Å². The molecule has 0 aliphatic heterocycles. The van der Waals surface area contributed by atoms with Gasteiger partial charge in [0.05, 0.1) is 0 Å². The van der Waals surface area contributed by atoms with Gasteiger partial charge < -0.3 is 4.90 Å². The molecule has 2 atom stereocenters. The van der Waals surface area contributed by atoms with Crippen molar-refractivity contribution in [2.45, 2.75) is 18.4 Å². The molecule has 0 bridgehead atoms. The van der Waals surface area contributed by atoms with Gasteiger partial charge in [0.15, 0.2) is 0 Å². The molecule has 3 rings (SSSR count). The van der Waals surface area contributed by atoms with E-state index in [1.165, 1.54) is 17.4 Å². The Hall–Kier alpha value is -0.930. The Balaban J connectivity index is 2.00. The lowest BCUT2D eigenvalue weighted by molar-refractivity contribution is 0.391. The fourth-order valence-electron chi connectivity index (χ4n) is 2.40. The average Bonchev–Trinajstić information content (AvgIpc) is 2.93. The SMILES string of the molecule is CN(C)[C@@H]1C[C@@H]1c1csc2cc(F)ccc12. The second-order valence-electron chi connectivity index (χ2n) is 4.70. The van der Waals surface area contributed by atoms with Crippen LogP contribution in [0.1, 0.15) is 17.9 Å². The normalized spacial score (nSPS) is 24.2. The highest BCUT2D eigenvalue weighted by atomic mass is 32.1. The monoisotopic (exact) mass is 235 g/mol. The second kappa shape index (κ2) is 3.54. The fourth-order valence-corrected chi connectivity index (χ4v) is 3.45. The number of likely N-dealkylation sites (N-methyl/N-ethyl adjacent to an activating group) is 1. The zero-order valence-corrected chi connectivity index (χ0v) is 10.2. The van der Waals surface area contributed by atoms with E-state index < -0.39 is 0 Å². The fraction of sp³-hybridized carbons (Fsp3) is 0.385. The number of nitrogens with zero attached hydrogens (tertiary/aromatic N) is 1. The van der Waals surface area contributed by atoms with Crippen LogP contribution in [0, 0.1) is 5.82 Å². The van der Waals surface area contributed by atoms with E-state index in [9.17, 15) is 4.39 Å². The van der Waals surface area contributed by atoms with E-state index in [2.05, 4.69) is 24.4 Å². The van der Waals surface area contributed by atoms with Gasteiger partial charge in [-0.25, -0.2) is 4.39 Å². The zero-order valence-electron chi connectivity index (χ0n) is 9.40. The van der Waals surface area contributed by atoms with Crippen molar-refractivity contribution < 1.29 is 4.39 Å². The van der Waals surface area contributed by atoms with E-state index in [1.807, 2.05) is 6.07 Å². The maximum Gasteiger partial charge on any atom is 0.124 e. The Morgan fingerprint density at radius 1 is 1.38 bits per heavy atom. The van der Waals surface area contributed by atoms with Crippen molar-refractivity contribution in [1.29, 1.82) is 0 Å². The van der Waals surface area contributed by atoms with Crippen LogP contribution in [0.5, 0.6) is 0 Å². The number of fused-ring (bicyclic) bond motifs is 1. The minimum atomic E-state index is -0.138. The number of halogens is 1. The average molecular weight is 235 g/mol. The van der Waals surface area contributed by atoms with Crippen molar-refractivity contribution in [1.82, 2.24) is 4.90 Å². The molecule has 1 nitrogen and oxygen atoms in total. The first-order chi connectivity index (χ1) is 7.66. The first-order valence-corrected chi connectivity index (χ1v) is 6.38. The molecule has 1 aromatic heterocycles. The summed E-state index contributed by atoms with van der Waals surface area (Å²) in [7, 11) is 4.25. The molecule has 1 aromatic carbocycles. The van der Waals surface area contributed by atoms with E-state index >= 15 is 0 Å². The van der Waals surface area contributed by atoms with Crippen LogP contribution in [0.15, 0.2) is 23.6 Å². The molecular formula is C13H14FNS. The predicted octanol–water partition coefficient (Wildman–Crippen LogP) is 3.46. The third-order valence-corrected chi connectivity index (χ3v) is 4.35. The molecule has 2 aromatic rings. The maximum absolute atomic E-state index is 13.1. The second-order valence-corrected chi connectivity index (χ2v) is 5.62. The molecule has 1 saturated carbocycles. The first-order valence-electron chi connectivity index (χ1n) is 5.50. The molecule has 16 heavy (non-hydrogen) atoms.